The van der Waals surface area contributed by atoms with Gasteiger partial charge in [-0.1, -0.05) is 36.7 Å². The Morgan fingerprint density at radius 1 is 1.00 bits per heavy atom. The molecule has 1 N–H and O–H groups in total. The van der Waals surface area contributed by atoms with Gasteiger partial charge in [0.1, 0.15) is 11.5 Å². The lowest BCUT2D eigenvalue weighted by atomic mass is 10.1. The molecule has 3 heteroatoms. The van der Waals surface area contributed by atoms with Gasteiger partial charge in [0, 0.05) is 11.6 Å². The Bertz CT molecular complexity index is 610. The summed E-state index contributed by atoms with van der Waals surface area (Å²) >= 11 is 6.03. The number of nitrogens with one attached hydrogen (secondary N) is 1. The van der Waals surface area contributed by atoms with Crippen LogP contribution in [-0.4, -0.2) is 6.54 Å². The molecule has 0 spiro atoms. The lowest BCUT2D eigenvalue weighted by Crippen LogP contribution is -2.13. The van der Waals surface area contributed by atoms with E-state index in [-0.39, 0.29) is 0 Å². The third-order valence-corrected chi connectivity index (χ3v) is 3.60. The van der Waals surface area contributed by atoms with E-state index in [0.717, 1.165) is 42.1 Å². The number of hydrogen-bond acceptors (Lipinski definition) is 2. The van der Waals surface area contributed by atoms with Crippen LogP contribution in [0.1, 0.15) is 30.0 Å². The summed E-state index contributed by atoms with van der Waals surface area (Å²) < 4.78 is 6.00. The normalized spacial score (nSPS) is 10.7. The SMILES string of the molecule is CCCNCc1ccc(Oc2cc(Cl)ccc2C)c(C)c1. The minimum absolute atomic E-state index is 0.689. The zero-order valence-electron chi connectivity index (χ0n) is 12.9. The molecule has 0 aliphatic heterocycles. The van der Waals surface area contributed by atoms with Crippen LogP contribution in [0.2, 0.25) is 5.02 Å². The van der Waals surface area contributed by atoms with Gasteiger partial charge in [0.05, 0.1) is 0 Å². The summed E-state index contributed by atoms with van der Waals surface area (Å²) in [5, 5.41) is 4.09. The smallest absolute Gasteiger partial charge is 0.131 e. The molecule has 2 aromatic rings. The number of hydrogen-bond donors (Lipinski definition) is 1. The first-order valence-corrected chi connectivity index (χ1v) is 7.72. The van der Waals surface area contributed by atoms with Crippen LogP contribution in [0.5, 0.6) is 11.5 Å². The third kappa shape index (κ3) is 4.48. The molecule has 0 aliphatic carbocycles. The lowest BCUT2D eigenvalue weighted by Gasteiger charge is -2.13. The van der Waals surface area contributed by atoms with E-state index < -0.39 is 0 Å². The van der Waals surface area contributed by atoms with Crippen LogP contribution in [0.25, 0.3) is 0 Å². The van der Waals surface area contributed by atoms with Crippen LogP contribution in [0.3, 0.4) is 0 Å². The fourth-order valence-corrected chi connectivity index (χ4v) is 2.31. The van der Waals surface area contributed by atoms with E-state index in [9.17, 15) is 0 Å². The van der Waals surface area contributed by atoms with Gasteiger partial charge in [-0.15, -0.1) is 0 Å². The molecule has 2 nitrogen and oxygen atoms in total. The molecule has 0 aliphatic rings. The Morgan fingerprint density at radius 3 is 2.52 bits per heavy atom. The van der Waals surface area contributed by atoms with Gasteiger partial charge in [0.2, 0.25) is 0 Å². The Hall–Kier alpha value is -1.51. The van der Waals surface area contributed by atoms with E-state index >= 15 is 0 Å². The van der Waals surface area contributed by atoms with Crippen LogP contribution in [-0.2, 0) is 6.54 Å². The minimum atomic E-state index is 0.689. The first-order valence-electron chi connectivity index (χ1n) is 7.34. The van der Waals surface area contributed by atoms with E-state index in [1.807, 2.05) is 31.2 Å². The number of benzene rings is 2. The molecule has 2 rings (SSSR count). The third-order valence-electron chi connectivity index (χ3n) is 3.37. The number of ether oxygens (including phenoxy) is 1. The fraction of sp³-hybridized carbons (Fsp3) is 0.333. The maximum atomic E-state index is 6.03. The molecule has 0 saturated heterocycles. The Balaban J connectivity index is 2.12. The van der Waals surface area contributed by atoms with Gasteiger partial charge in [-0.25, -0.2) is 0 Å². The zero-order chi connectivity index (χ0) is 15.2. The molecule has 112 valence electrons. The molecule has 0 heterocycles. The number of aryl methyl sites for hydroxylation is 2. The number of rotatable bonds is 6. The zero-order valence-corrected chi connectivity index (χ0v) is 13.6. The quantitative estimate of drug-likeness (QED) is 0.736. The molecule has 0 saturated carbocycles. The van der Waals surface area contributed by atoms with Gasteiger partial charge >= 0.3 is 0 Å². The predicted molar refractivity (Wildman–Crippen MR) is 89.4 cm³/mol. The van der Waals surface area contributed by atoms with Crippen LogP contribution in [0.4, 0.5) is 0 Å². The second-order valence-electron chi connectivity index (χ2n) is 5.29. The Kier molecular flexibility index (Phi) is 5.66. The highest BCUT2D eigenvalue weighted by Crippen LogP contribution is 2.30. The van der Waals surface area contributed by atoms with Crippen molar-refractivity contribution in [3.63, 3.8) is 0 Å². The molecule has 0 bridgehead atoms. The van der Waals surface area contributed by atoms with Gasteiger partial charge in [-0.3, -0.25) is 0 Å². The summed E-state index contributed by atoms with van der Waals surface area (Å²) in [4.78, 5) is 0. The summed E-state index contributed by atoms with van der Waals surface area (Å²) in [6, 6.07) is 12.0. The summed E-state index contributed by atoms with van der Waals surface area (Å²) in [7, 11) is 0. The van der Waals surface area contributed by atoms with Crippen molar-refractivity contribution in [2.75, 3.05) is 6.54 Å². The standard InChI is InChI=1S/C18H22ClNO/c1-4-9-20-12-15-6-8-17(14(3)10-15)21-18-11-16(19)7-5-13(18)2/h5-8,10-11,20H,4,9,12H2,1-3H3. The second kappa shape index (κ2) is 7.48. The highest BCUT2D eigenvalue weighted by Gasteiger charge is 2.06. The molecule has 0 amide bonds. The van der Waals surface area contributed by atoms with Crippen LogP contribution in [0.15, 0.2) is 36.4 Å². The molecule has 0 fully saturated rings. The number of halogens is 1. The minimum Gasteiger partial charge on any atom is -0.457 e. The molecular formula is C18H22ClNO. The topological polar surface area (TPSA) is 21.3 Å². The van der Waals surface area contributed by atoms with Crippen molar-refractivity contribution in [1.29, 1.82) is 0 Å². The summed E-state index contributed by atoms with van der Waals surface area (Å²) in [5.74, 6) is 1.68. The summed E-state index contributed by atoms with van der Waals surface area (Å²) in [6.07, 6.45) is 1.15. The van der Waals surface area contributed by atoms with Crippen molar-refractivity contribution < 1.29 is 4.74 Å². The molecule has 0 radical (unpaired) electrons. The highest BCUT2D eigenvalue weighted by atomic mass is 35.5. The maximum absolute atomic E-state index is 6.03. The molecular weight excluding hydrogens is 282 g/mol. The average Bonchev–Trinajstić information content (AvgIpc) is 2.46. The molecule has 0 aromatic heterocycles. The van der Waals surface area contributed by atoms with E-state index in [0.29, 0.717) is 5.02 Å². The fourth-order valence-electron chi connectivity index (χ4n) is 2.15. The molecule has 2 aromatic carbocycles. The van der Waals surface area contributed by atoms with Crippen molar-refractivity contribution >= 4 is 11.6 Å². The predicted octanol–water partition coefficient (Wildman–Crippen LogP) is 5.25. The largest absolute Gasteiger partial charge is 0.457 e. The average molecular weight is 304 g/mol. The molecule has 21 heavy (non-hydrogen) atoms. The molecule has 0 unspecified atom stereocenters. The van der Waals surface area contributed by atoms with E-state index in [1.54, 1.807) is 0 Å². The van der Waals surface area contributed by atoms with Crippen LogP contribution < -0.4 is 10.1 Å². The van der Waals surface area contributed by atoms with Gasteiger partial charge < -0.3 is 10.1 Å². The van der Waals surface area contributed by atoms with E-state index in [1.165, 1.54) is 5.56 Å². The highest BCUT2D eigenvalue weighted by molar-refractivity contribution is 6.30. The van der Waals surface area contributed by atoms with Gasteiger partial charge in [0.25, 0.3) is 0 Å². The Labute approximate surface area is 132 Å². The monoisotopic (exact) mass is 303 g/mol. The van der Waals surface area contributed by atoms with E-state index in [2.05, 4.69) is 31.3 Å². The Morgan fingerprint density at radius 2 is 1.81 bits per heavy atom. The lowest BCUT2D eigenvalue weighted by molar-refractivity contribution is 0.475. The molecule has 0 atom stereocenters. The van der Waals surface area contributed by atoms with Crippen molar-refractivity contribution in [3.05, 3.63) is 58.1 Å². The maximum Gasteiger partial charge on any atom is 0.131 e. The van der Waals surface area contributed by atoms with Crippen molar-refractivity contribution in [3.8, 4) is 11.5 Å². The van der Waals surface area contributed by atoms with Gasteiger partial charge in [-0.2, -0.15) is 0 Å². The van der Waals surface area contributed by atoms with Crippen molar-refractivity contribution in [1.82, 2.24) is 5.32 Å². The van der Waals surface area contributed by atoms with Crippen LogP contribution >= 0.6 is 11.6 Å². The van der Waals surface area contributed by atoms with Crippen molar-refractivity contribution in [2.24, 2.45) is 0 Å². The van der Waals surface area contributed by atoms with Crippen molar-refractivity contribution in [2.45, 2.75) is 33.7 Å². The van der Waals surface area contributed by atoms with Gasteiger partial charge in [-0.05, 0) is 61.7 Å². The van der Waals surface area contributed by atoms with Crippen LogP contribution in [0, 0.1) is 13.8 Å². The first-order chi connectivity index (χ1) is 10.1. The van der Waals surface area contributed by atoms with Gasteiger partial charge in [0.15, 0.2) is 0 Å². The summed E-state index contributed by atoms with van der Waals surface area (Å²) in [5.41, 5.74) is 3.48. The van der Waals surface area contributed by atoms with E-state index in [4.69, 9.17) is 16.3 Å². The summed E-state index contributed by atoms with van der Waals surface area (Å²) in [6.45, 7) is 8.19. The second-order valence-corrected chi connectivity index (χ2v) is 5.72. The first kappa shape index (κ1) is 15.9.